The van der Waals surface area contributed by atoms with Gasteiger partial charge in [-0.05, 0) is 32.0 Å². The third-order valence-corrected chi connectivity index (χ3v) is 4.18. The number of anilines is 1. The smallest absolute Gasteiger partial charge is 0.270 e. The van der Waals surface area contributed by atoms with Crippen molar-refractivity contribution in [3.8, 4) is 5.75 Å². The molecule has 0 bridgehead atoms. The topological polar surface area (TPSA) is 98.5 Å². The van der Waals surface area contributed by atoms with Crippen LogP contribution in [-0.4, -0.2) is 19.4 Å². The first-order chi connectivity index (χ1) is 10.8. The molecule has 0 atom stereocenters. The van der Waals surface area contributed by atoms with E-state index in [2.05, 4.69) is 4.72 Å². The predicted octanol–water partition coefficient (Wildman–Crippen LogP) is 3.18. The summed E-state index contributed by atoms with van der Waals surface area (Å²) in [5.74, 6) is 0.527. The van der Waals surface area contributed by atoms with Crippen molar-refractivity contribution in [2.75, 3.05) is 4.72 Å². The van der Waals surface area contributed by atoms with Crippen LogP contribution in [0.25, 0.3) is 0 Å². The largest absolute Gasteiger partial charge is 0.491 e. The molecule has 0 aromatic heterocycles. The molecule has 0 saturated heterocycles. The lowest BCUT2D eigenvalue weighted by Crippen LogP contribution is -2.13. The number of hydrogen-bond acceptors (Lipinski definition) is 5. The van der Waals surface area contributed by atoms with Crippen molar-refractivity contribution in [1.29, 1.82) is 0 Å². The molecule has 0 fully saturated rings. The van der Waals surface area contributed by atoms with Gasteiger partial charge in [0.2, 0.25) is 0 Å². The van der Waals surface area contributed by atoms with Crippen LogP contribution in [0.4, 0.5) is 11.4 Å². The lowest BCUT2D eigenvalue weighted by Gasteiger charge is -2.12. The minimum atomic E-state index is -3.92. The highest BCUT2D eigenvalue weighted by Crippen LogP contribution is 2.23. The second-order valence-corrected chi connectivity index (χ2v) is 6.74. The van der Waals surface area contributed by atoms with E-state index in [4.69, 9.17) is 4.74 Å². The van der Waals surface area contributed by atoms with E-state index in [0.29, 0.717) is 11.4 Å². The highest BCUT2D eigenvalue weighted by Gasteiger charge is 2.18. The number of hydrogen-bond donors (Lipinski definition) is 1. The molecule has 2 rings (SSSR count). The molecular formula is C15H16N2O5S. The number of nitrogens with zero attached hydrogens (tertiary/aromatic N) is 1. The van der Waals surface area contributed by atoms with E-state index in [9.17, 15) is 18.5 Å². The third-order valence-electron chi connectivity index (χ3n) is 2.80. The first-order valence-electron chi connectivity index (χ1n) is 6.82. The van der Waals surface area contributed by atoms with Crippen LogP contribution >= 0.6 is 0 Å². The molecule has 2 aromatic rings. The van der Waals surface area contributed by atoms with Gasteiger partial charge in [-0.15, -0.1) is 0 Å². The average Bonchev–Trinajstić information content (AvgIpc) is 2.46. The summed E-state index contributed by atoms with van der Waals surface area (Å²) in [5.41, 5.74) is 0.0272. The Morgan fingerprint density at radius 1 is 1.13 bits per heavy atom. The second-order valence-electron chi connectivity index (χ2n) is 5.05. The van der Waals surface area contributed by atoms with E-state index in [0.717, 1.165) is 6.07 Å². The summed E-state index contributed by atoms with van der Waals surface area (Å²) in [6, 6.07) is 11.4. The number of nitrogens with one attached hydrogen (secondary N) is 1. The fourth-order valence-corrected chi connectivity index (χ4v) is 2.97. The molecule has 0 heterocycles. The molecule has 2 aromatic carbocycles. The Bertz CT molecular complexity index is 818. The van der Waals surface area contributed by atoms with Crippen molar-refractivity contribution >= 4 is 21.4 Å². The van der Waals surface area contributed by atoms with Gasteiger partial charge in [0.1, 0.15) is 5.75 Å². The van der Waals surface area contributed by atoms with Crippen LogP contribution in [0.1, 0.15) is 13.8 Å². The van der Waals surface area contributed by atoms with Crippen molar-refractivity contribution < 1.29 is 18.1 Å². The van der Waals surface area contributed by atoms with Crippen molar-refractivity contribution in [3.63, 3.8) is 0 Å². The first kappa shape index (κ1) is 16.8. The molecule has 7 nitrogen and oxygen atoms in total. The summed E-state index contributed by atoms with van der Waals surface area (Å²) in [4.78, 5) is 9.94. The van der Waals surface area contributed by atoms with E-state index in [1.807, 2.05) is 13.8 Å². The molecule has 0 aliphatic rings. The third kappa shape index (κ3) is 4.43. The van der Waals surface area contributed by atoms with Gasteiger partial charge < -0.3 is 4.74 Å². The molecule has 0 unspecified atom stereocenters. The van der Waals surface area contributed by atoms with Gasteiger partial charge in [-0.25, -0.2) is 8.42 Å². The Hall–Kier alpha value is -2.61. The van der Waals surface area contributed by atoms with Gasteiger partial charge in [0.15, 0.2) is 0 Å². The molecular weight excluding hydrogens is 320 g/mol. The number of rotatable bonds is 6. The number of sulfonamides is 1. The minimum Gasteiger partial charge on any atom is -0.491 e. The van der Waals surface area contributed by atoms with Crippen molar-refractivity contribution in [1.82, 2.24) is 0 Å². The molecule has 0 aliphatic heterocycles. The molecule has 8 heteroatoms. The Balaban J connectivity index is 2.28. The van der Waals surface area contributed by atoms with Gasteiger partial charge in [-0.3, -0.25) is 14.8 Å². The summed E-state index contributed by atoms with van der Waals surface area (Å²) < 4.78 is 32.6. The molecule has 23 heavy (non-hydrogen) atoms. The summed E-state index contributed by atoms with van der Waals surface area (Å²) in [6.07, 6.45) is -0.0429. The highest BCUT2D eigenvalue weighted by atomic mass is 32.2. The Kier molecular flexibility index (Phi) is 4.85. The van der Waals surface area contributed by atoms with Crippen LogP contribution < -0.4 is 9.46 Å². The van der Waals surface area contributed by atoms with Crippen LogP contribution in [0.2, 0.25) is 0 Å². The normalized spacial score (nSPS) is 11.3. The molecule has 0 saturated carbocycles. The van der Waals surface area contributed by atoms with Crippen LogP contribution in [-0.2, 0) is 10.0 Å². The molecule has 122 valence electrons. The molecule has 0 spiro atoms. The van der Waals surface area contributed by atoms with Crippen molar-refractivity contribution in [2.45, 2.75) is 24.8 Å². The fourth-order valence-electron chi connectivity index (χ4n) is 1.88. The Labute approximate surface area is 134 Å². The first-order valence-corrected chi connectivity index (χ1v) is 8.30. The van der Waals surface area contributed by atoms with Gasteiger partial charge in [-0.2, -0.15) is 0 Å². The van der Waals surface area contributed by atoms with Crippen molar-refractivity contribution in [3.05, 3.63) is 58.6 Å². The Morgan fingerprint density at radius 3 is 2.48 bits per heavy atom. The standard InChI is InChI=1S/C15H16N2O5S/c1-11(2)22-14-7-3-5-12(9-14)16-23(20,21)15-8-4-6-13(10-15)17(18)19/h3-11,16H,1-2H3. The van der Waals surface area contributed by atoms with Crippen LogP contribution in [0.15, 0.2) is 53.4 Å². The SMILES string of the molecule is CC(C)Oc1cccc(NS(=O)(=O)c2cccc([N+](=O)[O-])c2)c1. The molecule has 0 radical (unpaired) electrons. The lowest BCUT2D eigenvalue weighted by atomic mass is 10.3. The molecule has 0 amide bonds. The maximum Gasteiger partial charge on any atom is 0.270 e. The number of nitro groups is 1. The fraction of sp³-hybridized carbons (Fsp3) is 0.200. The van der Waals surface area contributed by atoms with E-state index < -0.39 is 14.9 Å². The maximum atomic E-state index is 12.3. The van der Waals surface area contributed by atoms with Gasteiger partial charge in [0.05, 0.1) is 21.6 Å². The monoisotopic (exact) mass is 336 g/mol. The average molecular weight is 336 g/mol. The van der Waals surface area contributed by atoms with Crippen LogP contribution in [0, 0.1) is 10.1 Å². The quantitative estimate of drug-likeness (QED) is 0.645. The van der Waals surface area contributed by atoms with E-state index >= 15 is 0 Å². The number of benzene rings is 2. The van der Waals surface area contributed by atoms with Crippen molar-refractivity contribution in [2.24, 2.45) is 0 Å². The minimum absolute atomic E-state index is 0.0429. The van der Waals surface area contributed by atoms with Gasteiger partial charge in [-0.1, -0.05) is 12.1 Å². The van der Waals surface area contributed by atoms with Gasteiger partial charge >= 0.3 is 0 Å². The maximum absolute atomic E-state index is 12.3. The lowest BCUT2D eigenvalue weighted by molar-refractivity contribution is -0.385. The summed E-state index contributed by atoms with van der Waals surface area (Å²) in [5, 5.41) is 10.8. The Morgan fingerprint density at radius 2 is 1.83 bits per heavy atom. The summed E-state index contributed by atoms with van der Waals surface area (Å²) >= 11 is 0. The van der Waals surface area contributed by atoms with Crippen LogP contribution in [0.5, 0.6) is 5.75 Å². The van der Waals surface area contributed by atoms with E-state index in [-0.39, 0.29) is 16.7 Å². The zero-order chi connectivity index (χ0) is 17.0. The molecule has 0 aliphatic carbocycles. The zero-order valence-corrected chi connectivity index (χ0v) is 13.4. The van der Waals surface area contributed by atoms with Gasteiger partial charge in [0, 0.05) is 18.2 Å². The number of non-ortho nitro benzene ring substituents is 1. The van der Waals surface area contributed by atoms with Crippen LogP contribution in [0.3, 0.4) is 0 Å². The summed E-state index contributed by atoms with van der Waals surface area (Å²) in [7, 11) is -3.92. The van der Waals surface area contributed by atoms with E-state index in [1.54, 1.807) is 24.3 Å². The van der Waals surface area contributed by atoms with E-state index in [1.165, 1.54) is 18.2 Å². The second kappa shape index (κ2) is 6.66. The zero-order valence-electron chi connectivity index (χ0n) is 12.6. The number of ether oxygens (including phenoxy) is 1. The highest BCUT2D eigenvalue weighted by molar-refractivity contribution is 7.92. The number of nitro benzene ring substituents is 1. The predicted molar refractivity (Wildman–Crippen MR) is 86.1 cm³/mol. The summed E-state index contributed by atoms with van der Waals surface area (Å²) in [6.45, 7) is 3.72. The van der Waals surface area contributed by atoms with Gasteiger partial charge in [0.25, 0.3) is 15.7 Å². The molecule has 1 N–H and O–H groups in total.